The highest BCUT2D eigenvalue weighted by Crippen LogP contribution is 2.46. The van der Waals surface area contributed by atoms with Crippen molar-refractivity contribution in [3.8, 4) is 5.75 Å². The van der Waals surface area contributed by atoms with Gasteiger partial charge in [-0.3, -0.25) is 14.1 Å². The predicted octanol–water partition coefficient (Wildman–Crippen LogP) is 1.68. The minimum Gasteiger partial charge on any atom is -0.600 e. The van der Waals surface area contributed by atoms with E-state index in [4.69, 9.17) is 18.7 Å². The lowest BCUT2D eigenvalue weighted by atomic mass is 10.1. The fourth-order valence-corrected chi connectivity index (χ4v) is 5.97. The standard InChI is InChI=1S/C22H26N2O4S.C9H14N4O4/c1-15(25)28-20-21(16-9-11-17(27-4)12-10-16)29-19-8-6-5-7-18(19)24(22(20)26)14-13-23(2)3;1-2-16-9(14)10-8-7-13(11-17-8)12-3-5-15-6-4-12/h5-12,20-21H,13-14H2,1-4H3;7H,2-6H2,1H3/t20-,21+;/m1./s1. The van der Waals surface area contributed by atoms with E-state index in [9.17, 15) is 14.7 Å². The second-order valence-corrected chi connectivity index (χ2v) is 11.6. The zero-order valence-electron chi connectivity index (χ0n) is 26.7. The molecule has 248 valence electrons. The maximum absolute atomic E-state index is 13.6. The number of carbonyl (C=O) groups is 2. The molecule has 2 aliphatic rings. The number of amides is 1. The van der Waals surface area contributed by atoms with Crippen molar-refractivity contribution in [2.24, 2.45) is 4.99 Å². The number of para-hydroxylation sites is 1. The number of fused-ring (bicyclic) bond motifs is 1. The summed E-state index contributed by atoms with van der Waals surface area (Å²) in [6.45, 7) is 7.26. The van der Waals surface area contributed by atoms with Crippen LogP contribution in [0.5, 0.6) is 5.75 Å². The Hall–Kier alpha value is -4.34. The van der Waals surface area contributed by atoms with Crippen LogP contribution in [0.15, 0.2) is 69.1 Å². The Kier molecular flexibility index (Phi) is 12.6. The molecule has 15 heteroatoms. The number of nitrogens with zero attached hydrogens (tertiary/aromatic N) is 6. The monoisotopic (exact) mass is 656 g/mol. The van der Waals surface area contributed by atoms with Crippen molar-refractivity contribution < 1.29 is 43.0 Å². The number of morpholine rings is 1. The van der Waals surface area contributed by atoms with E-state index in [1.165, 1.54) is 17.9 Å². The van der Waals surface area contributed by atoms with E-state index >= 15 is 0 Å². The van der Waals surface area contributed by atoms with Gasteiger partial charge in [-0.15, -0.1) is 16.8 Å². The van der Waals surface area contributed by atoms with Crippen LogP contribution >= 0.6 is 11.8 Å². The van der Waals surface area contributed by atoms with E-state index in [-0.39, 0.29) is 23.6 Å². The van der Waals surface area contributed by atoms with E-state index in [0.717, 1.165) is 35.0 Å². The van der Waals surface area contributed by atoms with Crippen LogP contribution in [-0.2, 0) is 23.8 Å². The molecule has 2 atom stereocenters. The van der Waals surface area contributed by atoms with Gasteiger partial charge in [0.15, 0.2) is 12.2 Å². The minimum absolute atomic E-state index is 0.120. The summed E-state index contributed by atoms with van der Waals surface area (Å²) >= 11 is 1.54. The number of thioether (sulfide) groups is 1. The summed E-state index contributed by atoms with van der Waals surface area (Å²) in [6, 6.07) is 15.4. The molecule has 0 radical (unpaired) electrons. The third kappa shape index (κ3) is 9.34. The molecule has 3 aromatic rings. The number of anilines is 1. The van der Waals surface area contributed by atoms with Crippen LogP contribution in [0.2, 0.25) is 0 Å². The van der Waals surface area contributed by atoms with Crippen LogP contribution in [-0.4, -0.2) is 101 Å². The van der Waals surface area contributed by atoms with Crippen molar-refractivity contribution >= 4 is 41.3 Å². The maximum Gasteiger partial charge on any atom is 0.326 e. The SMILES string of the molecule is CCO/C([O-])=N/c1c[n+](N2CCOCC2)no1.COc1ccc([C@@H]2Sc3ccccc3N(CCN(C)C)C(=O)[C@@H]2OC(C)=O)cc1. The van der Waals surface area contributed by atoms with Crippen molar-refractivity contribution in [1.29, 1.82) is 0 Å². The number of rotatable bonds is 9. The van der Waals surface area contributed by atoms with Crippen molar-refractivity contribution in [2.75, 3.05) is 77.1 Å². The van der Waals surface area contributed by atoms with Gasteiger partial charge in [-0.05, 0) is 50.5 Å². The topological polar surface area (TPSA) is 146 Å². The van der Waals surface area contributed by atoms with Crippen LogP contribution in [0.25, 0.3) is 0 Å². The normalized spacial score (nSPS) is 18.3. The van der Waals surface area contributed by atoms with Crippen molar-refractivity contribution in [1.82, 2.24) is 10.2 Å². The summed E-state index contributed by atoms with van der Waals surface area (Å²) in [6.07, 6.45) is -0.0689. The molecule has 1 amide bonds. The molecule has 0 bridgehead atoms. The van der Waals surface area contributed by atoms with Gasteiger partial charge in [-0.1, -0.05) is 31.2 Å². The Morgan fingerprint density at radius 3 is 2.54 bits per heavy atom. The summed E-state index contributed by atoms with van der Waals surface area (Å²) in [4.78, 5) is 35.3. The number of likely N-dealkylation sites (N-methyl/N-ethyl adjacent to an activating group) is 1. The maximum atomic E-state index is 13.6. The van der Waals surface area contributed by atoms with Gasteiger partial charge in [0.2, 0.25) is 5.27 Å². The Labute approximate surface area is 272 Å². The molecule has 46 heavy (non-hydrogen) atoms. The first-order valence-electron chi connectivity index (χ1n) is 14.8. The first-order valence-corrected chi connectivity index (χ1v) is 15.7. The molecular formula is C31H40N6O8S. The van der Waals surface area contributed by atoms with Gasteiger partial charge in [0.1, 0.15) is 5.75 Å². The van der Waals surface area contributed by atoms with Crippen molar-refractivity contribution in [2.45, 2.75) is 30.1 Å². The fourth-order valence-electron chi connectivity index (χ4n) is 4.65. The first kappa shape index (κ1) is 34.5. The highest BCUT2D eigenvalue weighted by Gasteiger charge is 2.40. The highest BCUT2D eigenvalue weighted by atomic mass is 32.2. The van der Waals surface area contributed by atoms with Crippen LogP contribution in [0.3, 0.4) is 0 Å². The molecule has 2 aliphatic heterocycles. The molecule has 0 spiro atoms. The van der Waals surface area contributed by atoms with Crippen molar-refractivity contribution in [3.63, 3.8) is 0 Å². The number of benzene rings is 2. The second-order valence-electron chi connectivity index (χ2n) is 10.4. The molecule has 1 aromatic heterocycles. The van der Waals surface area contributed by atoms with Crippen LogP contribution < -0.4 is 24.5 Å². The van der Waals surface area contributed by atoms with E-state index in [1.54, 1.807) is 30.7 Å². The molecule has 0 N–H and O–H groups in total. The lowest BCUT2D eigenvalue weighted by Crippen LogP contribution is -2.62. The Bertz CT molecular complexity index is 1460. The van der Waals surface area contributed by atoms with Crippen LogP contribution in [0.1, 0.15) is 24.7 Å². The van der Waals surface area contributed by atoms with E-state index in [1.807, 2.05) is 72.5 Å². The largest absolute Gasteiger partial charge is 0.600 e. The van der Waals surface area contributed by atoms with Gasteiger partial charge < -0.3 is 33.9 Å². The number of hydrogen-bond acceptors (Lipinski definition) is 13. The number of methoxy groups -OCH3 is 1. The van der Waals surface area contributed by atoms with Gasteiger partial charge in [-0.25, -0.2) is 0 Å². The highest BCUT2D eigenvalue weighted by molar-refractivity contribution is 7.99. The van der Waals surface area contributed by atoms with Gasteiger partial charge in [0, 0.05) is 24.9 Å². The fraction of sp³-hybridized carbons (Fsp3) is 0.452. The van der Waals surface area contributed by atoms with Gasteiger partial charge in [0.25, 0.3) is 12.1 Å². The van der Waals surface area contributed by atoms with Gasteiger partial charge >= 0.3 is 11.9 Å². The minimum atomic E-state index is -0.916. The zero-order valence-corrected chi connectivity index (χ0v) is 27.5. The quantitative estimate of drug-likeness (QED) is 0.143. The third-order valence-electron chi connectivity index (χ3n) is 6.89. The summed E-state index contributed by atoms with van der Waals surface area (Å²) in [5.41, 5.74) is 1.75. The van der Waals surface area contributed by atoms with Gasteiger partial charge in [0.05, 0.1) is 49.1 Å². The summed E-state index contributed by atoms with van der Waals surface area (Å²) < 4.78 is 25.6. The Balaban J connectivity index is 0.000000240. The number of carbonyl (C=O) groups excluding carboxylic acids is 2. The van der Waals surface area contributed by atoms with Gasteiger partial charge in [-0.2, -0.15) is 4.99 Å². The number of aromatic nitrogens is 2. The van der Waals surface area contributed by atoms with E-state index < -0.39 is 18.2 Å². The smallest absolute Gasteiger partial charge is 0.326 e. The van der Waals surface area contributed by atoms with Crippen molar-refractivity contribution in [3.05, 3.63) is 60.3 Å². The molecule has 0 saturated carbocycles. The molecule has 2 aromatic carbocycles. The van der Waals surface area contributed by atoms with Crippen LogP contribution in [0, 0.1) is 0 Å². The van der Waals surface area contributed by atoms with Crippen LogP contribution in [0.4, 0.5) is 11.6 Å². The van der Waals surface area contributed by atoms with E-state index in [0.29, 0.717) is 26.3 Å². The number of aliphatic imine (C=N–C) groups is 1. The summed E-state index contributed by atoms with van der Waals surface area (Å²) in [5.74, 6) is 0.173. The predicted molar refractivity (Wildman–Crippen MR) is 169 cm³/mol. The molecule has 5 rings (SSSR count). The first-order chi connectivity index (χ1) is 22.2. The molecule has 14 nitrogen and oxygen atoms in total. The molecule has 0 unspecified atom stereocenters. The second kappa shape index (κ2) is 16.8. The molecule has 1 saturated heterocycles. The Morgan fingerprint density at radius 1 is 1.17 bits per heavy atom. The average Bonchev–Trinajstić information content (AvgIpc) is 3.48. The molecule has 0 aliphatic carbocycles. The molecular weight excluding hydrogens is 616 g/mol. The lowest BCUT2D eigenvalue weighted by Gasteiger charge is -2.28. The van der Waals surface area contributed by atoms with E-state index in [2.05, 4.69) is 15.0 Å². The number of ether oxygens (including phenoxy) is 4. The molecule has 1 fully saturated rings. The zero-order chi connectivity index (χ0) is 33.1. The third-order valence-corrected chi connectivity index (χ3v) is 8.27. The Morgan fingerprint density at radius 2 is 1.89 bits per heavy atom. The molecule has 3 heterocycles. The number of hydrogen-bond donors (Lipinski definition) is 0. The average molecular weight is 657 g/mol. The summed E-state index contributed by atoms with van der Waals surface area (Å²) in [5, 5.41) is 16.4. The summed E-state index contributed by atoms with van der Waals surface area (Å²) in [7, 11) is 5.54. The lowest BCUT2D eigenvalue weighted by molar-refractivity contribution is -0.759. The number of esters is 1.